The molecule has 84 valence electrons. The van der Waals surface area contributed by atoms with Gasteiger partial charge in [-0.05, 0) is 6.92 Å². The molecule has 0 aromatic heterocycles. The zero-order valence-electron chi connectivity index (χ0n) is 8.51. The summed E-state index contributed by atoms with van der Waals surface area (Å²) in [5.74, 6) is -0.811. The first-order valence-electron chi connectivity index (χ1n) is 5.11. The van der Waals surface area contributed by atoms with Gasteiger partial charge in [-0.1, -0.05) is 0 Å². The number of aliphatic hydroxyl groups is 1. The molecule has 0 radical (unpaired) electrons. The minimum Gasteiger partial charge on any atom is -0.462 e. The van der Waals surface area contributed by atoms with Gasteiger partial charge < -0.3 is 14.6 Å². The Balaban J connectivity index is 2.02. The maximum atomic E-state index is 11.3. The topological polar surface area (TPSA) is 76.1 Å². The van der Waals surface area contributed by atoms with E-state index in [-0.39, 0.29) is 36.9 Å². The Kier molecular flexibility index (Phi) is 2.75. The molecule has 2 fully saturated rings. The maximum absolute atomic E-state index is 11.3. The van der Waals surface area contributed by atoms with Crippen molar-refractivity contribution in [1.29, 1.82) is 0 Å². The normalized spacial score (nSPS) is 41.7. The van der Waals surface area contributed by atoms with Gasteiger partial charge in [-0.2, -0.15) is 0 Å². The first kappa shape index (κ1) is 10.6. The summed E-state index contributed by atoms with van der Waals surface area (Å²) in [5.41, 5.74) is 0. The molecule has 1 N–H and O–H groups in total. The largest absolute Gasteiger partial charge is 0.462 e. The van der Waals surface area contributed by atoms with Crippen molar-refractivity contribution >= 4 is 11.8 Å². The molecule has 2 heterocycles. The smallest absolute Gasteiger partial charge is 0.313 e. The lowest BCUT2D eigenvalue weighted by atomic mass is 11.0. The Morgan fingerprint density at radius 1 is 1.40 bits per heavy atom. The number of cyclic esters (lactones) is 1. The second-order valence-electron chi connectivity index (χ2n) is 4.16. The minimum atomic E-state index is -0.777. The molecule has 2 aliphatic heterocycles. The number of Topliss-reactive ketones (excluding diaryl/α,β-unsaturated/α-hetero) is 1. The molecule has 0 amide bonds. The van der Waals surface area contributed by atoms with Gasteiger partial charge in [0.05, 0.1) is 12.2 Å². The third kappa shape index (κ3) is 2.54. The average Bonchev–Trinajstić information content (AvgIpc) is 2.80. The van der Waals surface area contributed by atoms with Crippen molar-refractivity contribution < 1.29 is 24.2 Å². The number of aliphatic hydroxyl groups excluding tert-OH is 1. The SMILES string of the molecule is [13CH3][13C@@H]1[13CH2][13C@@H]2O[13C@@H]2[13C@H](O)[13CH2][13C](=O)[13CH2][13C](=O)O1. The molecule has 0 aliphatic carbocycles. The van der Waals surface area contributed by atoms with Crippen LogP contribution in [0.1, 0.15) is 26.2 Å². The lowest BCUT2D eigenvalue weighted by molar-refractivity contribution is -0.150. The van der Waals surface area contributed by atoms with Crippen LogP contribution in [-0.2, 0) is 19.1 Å². The molecule has 5 heteroatoms. The van der Waals surface area contributed by atoms with Gasteiger partial charge in [0.2, 0.25) is 0 Å². The quantitative estimate of drug-likeness (QED) is 0.267. The van der Waals surface area contributed by atoms with Crippen molar-refractivity contribution in [1.82, 2.24) is 0 Å². The summed E-state index contributed by atoms with van der Waals surface area (Å²) in [5, 5.41) is 9.59. The first-order valence-corrected chi connectivity index (χ1v) is 5.11. The van der Waals surface area contributed by atoms with Crippen molar-refractivity contribution in [2.24, 2.45) is 0 Å². The molecule has 4 atom stereocenters. The summed E-state index contributed by atoms with van der Waals surface area (Å²) in [6.45, 7) is 1.76. The Morgan fingerprint density at radius 2 is 2.13 bits per heavy atom. The van der Waals surface area contributed by atoms with E-state index < -0.39 is 12.1 Å². The van der Waals surface area contributed by atoms with E-state index in [1.165, 1.54) is 0 Å². The number of rotatable bonds is 0. The monoisotopic (exact) mass is 224 g/mol. The second-order valence-corrected chi connectivity index (χ2v) is 4.16. The van der Waals surface area contributed by atoms with Crippen LogP contribution in [0.3, 0.4) is 0 Å². The van der Waals surface area contributed by atoms with Gasteiger partial charge in [-0.15, -0.1) is 0 Å². The van der Waals surface area contributed by atoms with Gasteiger partial charge in [0.1, 0.15) is 24.4 Å². The first-order chi connectivity index (χ1) is 7.06. The Morgan fingerprint density at radius 3 is 2.87 bits per heavy atom. The Labute approximate surface area is 87.4 Å². The summed E-state index contributed by atoms with van der Waals surface area (Å²) < 4.78 is 10.2. The molecule has 0 unspecified atom stereocenters. The average molecular weight is 224 g/mol. The predicted molar refractivity (Wildman–Crippen MR) is 49.1 cm³/mol. The highest BCUT2D eigenvalue weighted by Crippen LogP contribution is 2.32. The number of hydrogen-bond donors (Lipinski definition) is 1. The summed E-state index contributed by atoms with van der Waals surface area (Å²) in [7, 11) is 0. The van der Waals surface area contributed by atoms with Gasteiger partial charge >= 0.3 is 5.97 Å². The summed E-state index contributed by atoms with van der Waals surface area (Å²) in [6, 6.07) is 0. The van der Waals surface area contributed by atoms with E-state index >= 15 is 0 Å². The molecular formula is C10H14O5. The van der Waals surface area contributed by atoms with Gasteiger partial charge in [-0.25, -0.2) is 0 Å². The van der Waals surface area contributed by atoms with E-state index in [1.54, 1.807) is 6.92 Å². The van der Waals surface area contributed by atoms with Gasteiger partial charge in [0.15, 0.2) is 0 Å². The van der Waals surface area contributed by atoms with Crippen LogP contribution in [0.25, 0.3) is 0 Å². The lowest BCUT2D eigenvalue weighted by Crippen LogP contribution is -2.27. The number of carbonyl (C=O) groups excluding carboxylic acids is 2. The summed E-state index contributed by atoms with van der Waals surface area (Å²) in [4.78, 5) is 22.5. The van der Waals surface area contributed by atoms with Crippen LogP contribution in [-0.4, -0.2) is 41.3 Å². The fourth-order valence-electron chi connectivity index (χ4n) is 1.91. The molecule has 0 aromatic rings. The fraction of sp³-hybridized carbons (Fsp3) is 0.800. The highest BCUT2D eigenvalue weighted by Gasteiger charge is 2.46. The van der Waals surface area contributed by atoms with E-state index in [0.29, 0.717) is 6.42 Å². The van der Waals surface area contributed by atoms with Crippen LogP contribution in [0, 0.1) is 0 Å². The maximum Gasteiger partial charge on any atom is 0.313 e. The Bertz CT molecular complexity index is 288. The molecule has 5 nitrogen and oxygen atoms in total. The van der Waals surface area contributed by atoms with Crippen molar-refractivity contribution in [3.8, 4) is 0 Å². The van der Waals surface area contributed by atoms with Crippen LogP contribution >= 0.6 is 0 Å². The fourth-order valence-corrected chi connectivity index (χ4v) is 1.91. The molecule has 15 heavy (non-hydrogen) atoms. The van der Waals surface area contributed by atoms with Gasteiger partial charge in [0.25, 0.3) is 0 Å². The third-order valence-corrected chi connectivity index (χ3v) is 2.68. The van der Waals surface area contributed by atoms with E-state index in [1.807, 2.05) is 0 Å². The van der Waals surface area contributed by atoms with Crippen LogP contribution in [0.15, 0.2) is 0 Å². The van der Waals surface area contributed by atoms with Gasteiger partial charge in [0, 0.05) is 12.8 Å². The van der Waals surface area contributed by atoms with Crippen molar-refractivity contribution in [2.45, 2.75) is 50.6 Å². The third-order valence-electron chi connectivity index (χ3n) is 2.68. The number of hydrogen-bond acceptors (Lipinski definition) is 5. The Hall–Kier alpha value is -0.940. The molecule has 2 rings (SSSR count). The van der Waals surface area contributed by atoms with Crippen LogP contribution in [0.4, 0.5) is 0 Å². The molecule has 0 spiro atoms. The van der Waals surface area contributed by atoms with E-state index in [2.05, 4.69) is 0 Å². The molecule has 0 aromatic carbocycles. The molecule has 0 saturated carbocycles. The van der Waals surface area contributed by atoms with E-state index in [9.17, 15) is 14.7 Å². The zero-order valence-corrected chi connectivity index (χ0v) is 8.51. The molecule has 2 saturated heterocycles. The van der Waals surface area contributed by atoms with Crippen molar-refractivity contribution in [3.63, 3.8) is 0 Å². The summed E-state index contributed by atoms with van der Waals surface area (Å²) >= 11 is 0. The van der Waals surface area contributed by atoms with E-state index in [0.717, 1.165) is 0 Å². The van der Waals surface area contributed by atoms with Crippen molar-refractivity contribution in [2.75, 3.05) is 0 Å². The number of fused-ring (bicyclic) bond motifs is 1. The number of ketones is 1. The highest BCUT2D eigenvalue weighted by atomic mass is 16.8. The zero-order chi connectivity index (χ0) is 11.0. The number of carbonyl (C=O) groups is 2. The van der Waals surface area contributed by atoms with Crippen molar-refractivity contribution in [3.05, 3.63) is 0 Å². The molecular weight excluding hydrogens is 210 g/mol. The molecule has 0 bridgehead atoms. The minimum absolute atomic E-state index is 0.0232. The van der Waals surface area contributed by atoms with Gasteiger partial charge in [-0.3, -0.25) is 9.59 Å². The van der Waals surface area contributed by atoms with Crippen LogP contribution in [0.2, 0.25) is 0 Å². The summed E-state index contributed by atoms with van der Waals surface area (Å²) in [6.07, 6.45) is -1.06. The highest BCUT2D eigenvalue weighted by molar-refractivity contribution is 5.95. The molecule has 2 aliphatic rings. The van der Waals surface area contributed by atoms with E-state index in [4.69, 9.17) is 9.47 Å². The van der Waals surface area contributed by atoms with Crippen LogP contribution < -0.4 is 0 Å². The predicted octanol–water partition coefficient (Wildman–Crippen LogP) is -0.201. The van der Waals surface area contributed by atoms with Crippen LogP contribution in [0.5, 0.6) is 0 Å². The lowest BCUT2D eigenvalue weighted by Gasteiger charge is -2.14. The standard InChI is InChI=1S/C10H14O5/c1-5-2-8-10(15-8)7(12)3-6(11)4-9(13)14-5/h5,7-8,10,12H,2-4H2,1H3/t5-,7-,8+,10-/m1/s1/i1+1,2+1,3+1,4+1,5+1,6+1,7+1,8+1,9+1,10+1. The number of ether oxygens (including phenoxy) is 2. The number of epoxide rings is 1. The number of esters is 1. The second kappa shape index (κ2) is 3.90.